The van der Waals surface area contributed by atoms with Crippen molar-refractivity contribution in [1.82, 2.24) is 0 Å². The molecule has 1 aromatic carbocycles. The summed E-state index contributed by atoms with van der Waals surface area (Å²) in [7, 11) is 1.56. The van der Waals surface area contributed by atoms with Crippen LogP contribution in [-0.4, -0.2) is 29.7 Å². The second-order valence-corrected chi connectivity index (χ2v) is 5.55. The van der Waals surface area contributed by atoms with Crippen LogP contribution in [0.25, 0.3) is 0 Å². The number of aryl methyl sites for hydroxylation is 1. The van der Waals surface area contributed by atoms with E-state index in [0.29, 0.717) is 18.5 Å². The first-order chi connectivity index (χ1) is 9.98. The lowest BCUT2D eigenvalue weighted by Crippen LogP contribution is -2.46. The highest BCUT2D eigenvalue weighted by atomic mass is 16.5. The van der Waals surface area contributed by atoms with Gasteiger partial charge in [0.2, 0.25) is 0 Å². The zero-order valence-corrected chi connectivity index (χ0v) is 12.4. The molecular weight excluding hydrogens is 270 g/mol. The summed E-state index contributed by atoms with van der Waals surface area (Å²) in [5.41, 5.74) is 0.729. The number of carboxylic acids is 1. The van der Waals surface area contributed by atoms with E-state index in [1.807, 2.05) is 6.92 Å². The van der Waals surface area contributed by atoms with E-state index in [1.165, 1.54) is 12.1 Å². The summed E-state index contributed by atoms with van der Waals surface area (Å²) in [4.78, 5) is 23.6. The lowest BCUT2D eigenvalue weighted by molar-refractivity contribution is -0.141. The lowest BCUT2D eigenvalue weighted by Gasteiger charge is -2.34. The van der Waals surface area contributed by atoms with Gasteiger partial charge >= 0.3 is 5.97 Å². The minimum Gasteiger partial charge on any atom is -0.478 e. The van der Waals surface area contributed by atoms with E-state index >= 15 is 0 Å². The number of carbonyl (C=O) groups excluding carboxylic acids is 1. The molecule has 0 spiro atoms. The Bertz CT molecular complexity index is 547. The number of anilines is 1. The van der Waals surface area contributed by atoms with Crippen LogP contribution < -0.4 is 5.32 Å². The van der Waals surface area contributed by atoms with Crippen molar-refractivity contribution in [2.24, 2.45) is 0 Å². The minimum absolute atomic E-state index is 0.158. The van der Waals surface area contributed by atoms with Crippen LogP contribution in [0.3, 0.4) is 0 Å². The summed E-state index contributed by atoms with van der Waals surface area (Å²) in [6.45, 7) is 1.83. The number of hydrogen-bond acceptors (Lipinski definition) is 3. The normalized spacial score (nSPS) is 17.2. The van der Waals surface area contributed by atoms with Gasteiger partial charge in [-0.15, -0.1) is 0 Å². The summed E-state index contributed by atoms with van der Waals surface area (Å²) in [5.74, 6) is -1.19. The molecule has 1 amide bonds. The lowest BCUT2D eigenvalue weighted by atomic mass is 9.83. The molecule has 0 heterocycles. The first-order valence-corrected chi connectivity index (χ1v) is 7.19. The van der Waals surface area contributed by atoms with Gasteiger partial charge in [-0.1, -0.05) is 25.3 Å². The summed E-state index contributed by atoms with van der Waals surface area (Å²) >= 11 is 0. The van der Waals surface area contributed by atoms with Crippen molar-refractivity contribution in [3.8, 4) is 0 Å². The molecule has 0 aromatic heterocycles. The third kappa shape index (κ3) is 3.24. The number of carboxylic acid groups (broad SMARTS) is 1. The topological polar surface area (TPSA) is 75.6 Å². The molecule has 114 valence electrons. The van der Waals surface area contributed by atoms with Crippen LogP contribution in [0.2, 0.25) is 0 Å². The summed E-state index contributed by atoms with van der Waals surface area (Å²) in [6, 6.07) is 4.71. The molecule has 2 N–H and O–H groups in total. The molecule has 0 radical (unpaired) electrons. The van der Waals surface area contributed by atoms with Crippen molar-refractivity contribution in [1.29, 1.82) is 0 Å². The molecular formula is C16H21NO4. The predicted molar refractivity (Wildman–Crippen MR) is 79.6 cm³/mol. The number of carbonyl (C=O) groups is 2. The van der Waals surface area contributed by atoms with E-state index < -0.39 is 11.6 Å². The smallest absolute Gasteiger partial charge is 0.335 e. The monoisotopic (exact) mass is 291 g/mol. The summed E-state index contributed by atoms with van der Waals surface area (Å²) in [5, 5.41) is 11.9. The van der Waals surface area contributed by atoms with Gasteiger partial charge < -0.3 is 15.2 Å². The fourth-order valence-electron chi connectivity index (χ4n) is 2.77. The SMILES string of the molecule is COC1(C(=O)Nc2cc(C(=O)O)ccc2C)CCCCC1. The molecule has 0 aliphatic heterocycles. The second kappa shape index (κ2) is 6.26. The summed E-state index contributed by atoms with van der Waals surface area (Å²) in [6.07, 6.45) is 4.46. The van der Waals surface area contributed by atoms with Gasteiger partial charge in [0.1, 0.15) is 5.60 Å². The van der Waals surface area contributed by atoms with Gasteiger partial charge in [-0.2, -0.15) is 0 Å². The second-order valence-electron chi connectivity index (χ2n) is 5.55. The fourth-order valence-corrected chi connectivity index (χ4v) is 2.77. The van der Waals surface area contributed by atoms with Gasteiger partial charge in [0, 0.05) is 12.8 Å². The maximum absolute atomic E-state index is 12.6. The van der Waals surface area contributed by atoms with E-state index in [9.17, 15) is 9.59 Å². The standard InChI is InChI=1S/C16H21NO4/c1-11-6-7-12(14(18)19)10-13(11)17-15(20)16(21-2)8-4-3-5-9-16/h6-7,10H,3-5,8-9H2,1-2H3,(H,17,20)(H,18,19). The van der Waals surface area contributed by atoms with Gasteiger partial charge in [0.05, 0.1) is 5.56 Å². The van der Waals surface area contributed by atoms with Gasteiger partial charge in [0.15, 0.2) is 0 Å². The van der Waals surface area contributed by atoms with Crippen molar-refractivity contribution in [2.75, 3.05) is 12.4 Å². The largest absolute Gasteiger partial charge is 0.478 e. The molecule has 1 saturated carbocycles. The Balaban J connectivity index is 2.22. The van der Waals surface area contributed by atoms with Crippen molar-refractivity contribution in [3.05, 3.63) is 29.3 Å². The Labute approximate surface area is 124 Å². The molecule has 1 aromatic rings. The molecule has 0 saturated heterocycles. The van der Waals surface area contributed by atoms with Crippen molar-refractivity contribution in [3.63, 3.8) is 0 Å². The van der Waals surface area contributed by atoms with Gasteiger partial charge in [-0.25, -0.2) is 4.79 Å². The molecule has 0 bridgehead atoms. The molecule has 1 aliphatic carbocycles. The Morgan fingerprint density at radius 2 is 1.90 bits per heavy atom. The van der Waals surface area contributed by atoms with E-state index in [1.54, 1.807) is 13.2 Å². The fraction of sp³-hybridized carbons (Fsp3) is 0.500. The molecule has 1 fully saturated rings. The molecule has 5 heteroatoms. The number of rotatable bonds is 4. The molecule has 21 heavy (non-hydrogen) atoms. The third-order valence-corrected chi connectivity index (χ3v) is 4.20. The van der Waals surface area contributed by atoms with Crippen molar-refractivity contribution < 1.29 is 19.4 Å². The Morgan fingerprint density at radius 3 is 2.48 bits per heavy atom. The van der Waals surface area contributed by atoms with Crippen molar-refractivity contribution >= 4 is 17.6 Å². The number of aromatic carboxylic acids is 1. The molecule has 0 unspecified atom stereocenters. The molecule has 0 atom stereocenters. The van der Waals surface area contributed by atoms with Crippen LogP contribution in [-0.2, 0) is 9.53 Å². The predicted octanol–water partition coefficient (Wildman–Crippen LogP) is 2.98. The van der Waals surface area contributed by atoms with Crippen LogP contribution in [0.15, 0.2) is 18.2 Å². The molecule has 5 nitrogen and oxygen atoms in total. The molecule has 2 rings (SSSR count). The number of benzene rings is 1. The van der Waals surface area contributed by atoms with Crippen LogP contribution in [0.4, 0.5) is 5.69 Å². The highest BCUT2D eigenvalue weighted by molar-refractivity contribution is 5.99. The van der Waals surface area contributed by atoms with Crippen LogP contribution >= 0.6 is 0 Å². The average molecular weight is 291 g/mol. The maximum Gasteiger partial charge on any atom is 0.335 e. The Morgan fingerprint density at radius 1 is 1.24 bits per heavy atom. The average Bonchev–Trinajstić information content (AvgIpc) is 2.49. The maximum atomic E-state index is 12.6. The van der Waals surface area contributed by atoms with Gasteiger partial charge in [-0.3, -0.25) is 4.79 Å². The highest BCUT2D eigenvalue weighted by Crippen LogP contribution is 2.32. The van der Waals surface area contributed by atoms with E-state index in [0.717, 1.165) is 24.8 Å². The first kappa shape index (κ1) is 15.5. The van der Waals surface area contributed by atoms with E-state index in [-0.39, 0.29) is 11.5 Å². The zero-order chi connectivity index (χ0) is 15.5. The number of amides is 1. The minimum atomic E-state index is -1.01. The summed E-state index contributed by atoms with van der Waals surface area (Å²) < 4.78 is 5.50. The Hall–Kier alpha value is -1.88. The van der Waals surface area contributed by atoms with Crippen molar-refractivity contribution in [2.45, 2.75) is 44.6 Å². The zero-order valence-electron chi connectivity index (χ0n) is 12.4. The third-order valence-electron chi connectivity index (χ3n) is 4.20. The number of ether oxygens (including phenoxy) is 1. The number of hydrogen-bond donors (Lipinski definition) is 2. The number of nitrogens with one attached hydrogen (secondary N) is 1. The van der Waals surface area contributed by atoms with E-state index in [4.69, 9.17) is 9.84 Å². The number of methoxy groups -OCH3 is 1. The van der Waals surface area contributed by atoms with Gasteiger partial charge in [0.25, 0.3) is 5.91 Å². The highest BCUT2D eigenvalue weighted by Gasteiger charge is 2.39. The Kier molecular flexibility index (Phi) is 4.63. The van der Waals surface area contributed by atoms with E-state index in [2.05, 4.69) is 5.32 Å². The van der Waals surface area contributed by atoms with Crippen LogP contribution in [0.5, 0.6) is 0 Å². The quantitative estimate of drug-likeness (QED) is 0.894. The first-order valence-electron chi connectivity index (χ1n) is 7.19. The van der Waals surface area contributed by atoms with Crippen LogP contribution in [0.1, 0.15) is 48.0 Å². The van der Waals surface area contributed by atoms with Gasteiger partial charge in [-0.05, 0) is 37.5 Å². The van der Waals surface area contributed by atoms with Crippen LogP contribution in [0, 0.1) is 6.92 Å². The molecule has 1 aliphatic rings.